The zero-order valence-corrected chi connectivity index (χ0v) is 14.0. The molecule has 1 amide bonds. The molecule has 0 radical (unpaired) electrons. The number of carbonyl (C=O) groups excluding carboxylic acids is 1. The largest absolute Gasteiger partial charge is 0.478 e. The highest BCUT2D eigenvalue weighted by atomic mass is 16.5. The Labute approximate surface area is 149 Å². The lowest BCUT2D eigenvalue weighted by Crippen LogP contribution is -2.40. The second kappa shape index (κ2) is 6.62. The third-order valence-electron chi connectivity index (χ3n) is 4.81. The van der Waals surface area contributed by atoms with Gasteiger partial charge in [-0.2, -0.15) is 5.10 Å². The van der Waals surface area contributed by atoms with Crippen LogP contribution in [-0.4, -0.2) is 49.9 Å². The molecule has 0 saturated carbocycles. The third-order valence-corrected chi connectivity index (χ3v) is 4.81. The molecule has 1 aromatic carbocycles. The van der Waals surface area contributed by atoms with E-state index in [0.29, 0.717) is 24.4 Å². The molecule has 1 N–H and O–H groups in total. The second-order valence-corrected chi connectivity index (χ2v) is 6.43. The van der Waals surface area contributed by atoms with Crippen LogP contribution < -0.4 is 0 Å². The van der Waals surface area contributed by atoms with Crippen molar-refractivity contribution in [2.24, 2.45) is 0 Å². The summed E-state index contributed by atoms with van der Waals surface area (Å²) in [4.78, 5) is 25.4. The molecular formula is C18H18N4O4. The van der Waals surface area contributed by atoms with Gasteiger partial charge in [0.2, 0.25) is 5.91 Å². The summed E-state index contributed by atoms with van der Waals surface area (Å²) in [5.74, 6) is -0.960. The van der Waals surface area contributed by atoms with Crippen molar-refractivity contribution in [3.63, 3.8) is 0 Å². The Hall–Kier alpha value is -3.16. The number of aromatic carboxylic acids is 1. The van der Waals surface area contributed by atoms with Gasteiger partial charge in [-0.1, -0.05) is 17.3 Å². The summed E-state index contributed by atoms with van der Waals surface area (Å²) in [6.07, 6.45) is 4.60. The van der Waals surface area contributed by atoms with E-state index in [2.05, 4.69) is 10.3 Å². The van der Waals surface area contributed by atoms with Gasteiger partial charge in [0.1, 0.15) is 5.69 Å². The summed E-state index contributed by atoms with van der Waals surface area (Å²) in [5, 5.41) is 18.0. The number of rotatable bonds is 4. The van der Waals surface area contributed by atoms with Crippen molar-refractivity contribution in [3.8, 4) is 0 Å². The molecule has 0 bridgehead atoms. The van der Waals surface area contributed by atoms with Gasteiger partial charge in [0.05, 0.1) is 24.2 Å². The van der Waals surface area contributed by atoms with Crippen molar-refractivity contribution in [3.05, 3.63) is 47.9 Å². The summed E-state index contributed by atoms with van der Waals surface area (Å²) >= 11 is 0. The molecule has 0 spiro atoms. The Morgan fingerprint density at radius 1 is 1.23 bits per heavy atom. The number of carboxylic acid groups (broad SMARTS) is 1. The number of nitrogens with zero attached hydrogens (tertiary/aromatic N) is 4. The molecule has 0 unspecified atom stereocenters. The third kappa shape index (κ3) is 3.05. The number of carbonyl (C=O) groups is 2. The fourth-order valence-corrected chi connectivity index (χ4v) is 3.35. The van der Waals surface area contributed by atoms with Gasteiger partial charge in [0, 0.05) is 24.7 Å². The molecule has 8 nitrogen and oxygen atoms in total. The van der Waals surface area contributed by atoms with E-state index in [0.717, 1.165) is 18.2 Å². The molecule has 0 aliphatic carbocycles. The van der Waals surface area contributed by atoms with E-state index in [1.165, 1.54) is 6.20 Å². The van der Waals surface area contributed by atoms with Crippen LogP contribution in [0.5, 0.6) is 0 Å². The minimum atomic E-state index is -0.983. The van der Waals surface area contributed by atoms with E-state index in [9.17, 15) is 9.59 Å². The number of piperidine rings is 1. The van der Waals surface area contributed by atoms with Crippen LogP contribution in [-0.2, 0) is 11.2 Å². The van der Waals surface area contributed by atoms with Crippen molar-refractivity contribution >= 4 is 22.8 Å². The first-order valence-corrected chi connectivity index (χ1v) is 8.50. The van der Waals surface area contributed by atoms with Gasteiger partial charge >= 0.3 is 5.97 Å². The molecule has 3 aromatic rings. The van der Waals surface area contributed by atoms with Gasteiger partial charge in [0.25, 0.3) is 0 Å². The quantitative estimate of drug-likeness (QED) is 0.770. The van der Waals surface area contributed by atoms with Crippen LogP contribution in [0.2, 0.25) is 0 Å². The second-order valence-electron chi connectivity index (χ2n) is 6.43. The first-order chi connectivity index (χ1) is 12.6. The number of carboxylic acids is 1. The summed E-state index contributed by atoms with van der Waals surface area (Å²) in [6.45, 7) is 1.23. The number of hydrogen-bond acceptors (Lipinski definition) is 5. The van der Waals surface area contributed by atoms with E-state index < -0.39 is 5.97 Å². The lowest BCUT2D eigenvalue weighted by Gasteiger charge is -2.32. The molecule has 1 aliphatic heterocycles. The maximum Gasteiger partial charge on any atom is 0.338 e. The maximum atomic E-state index is 12.6. The van der Waals surface area contributed by atoms with Gasteiger partial charge in [-0.25, -0.2) is 4.79 Å². The number of likely N-dealkylation sites (tertiary alicyclic amines) is 1. The topological polar surface area (TPSA) is 101 Å². The Kier molecular flexibility index (Phi) is 4.16. The van der Waals surface area contributed by atoms with Crippen LogP contribution in [0, 0.1) is 0 Å². The van der Waals surface area contributed by atoms with Crippen LogP contribution in [0.15, 0.2) is 41.2 Å². The van der Waals surface area contributed by atoms with Crippen molar-refractivity contribution < 1.29 is 19.2 Å². The molecule has 2 aromatic heterocycles. The van der Waals surface area contributed by atoms with Crippen LogP contribution >= 0.6 is 0 Å². The first-order valence-electron chi connectivity index (χ1n) is 8.50. The van der Waals surface area contributed by atoms with Gasteiger partial charge in [-0.15, -0.1) is 0 Å². The van der Waals surface area contributed by atoms with Crippen molar-refractivity contribution in [2.75, 3.05) is 13.1 Å². The van der Waals surface area contributed by atoms with Crippen LogP contribution in [0.1, 0.15) is 34.9 Å². The lowest BCUT2D eigenvalue weighted by atomic mass is 10.0. The zero-order valence-electron chi connectivity index (χ0n) is 14.0. The first kappa shape index (κ1) is 16.3. The maximum absolute atomic E-state index is 12.6. The van der Waals surface area contributed by atoms with E-state index in [4.69, 9.17) is 9.63 Å². The summed E-state index contributed by atoms with van der Waals surface area (Å²) in [7, 11) is 0. The van der Waals surface area contributed by atoms with Crippen molar-refractivity contribution in [1.29, 1.82) is 0 Å². The molecule has 8 heteroatoms. The molecule has 134 valence electrons. The van der Waals surface area contributed by atoms with E-state index in [1.54, 1.807) is 10.9 Å². The number of para-hydroxylation sites is 1. The highest BCUT2D eigenvalue weighted by molar-refractivity contribution is 5.87. The normalized spacial score (nSPS) is 15.5. The van der Waals surface area contributed by atoms with Gasteiger partial charge < -0.3 is 14.5 Å². The Balaban J connectivity index is 1.38. The minimum Gasteiger partial charge on any atom is -0.478 e. The average molecular weight is 354 g/mol. The standard InChI is InChI=1S/C18H18N4O4/c23-17(9-15-14-3-1-2-4-16(14)26-20-15)21-7-5-13(6-8-21)22-11-12(10-19-22)18(24)25/h1-4,10-11,13H,5-9H2,(H,24,25). The fourth-order valence-electron chi connectivity index (χ4n) is 3.35. The highest BCUT2D eigenvalue weighted by Crippen LogP contribution is 2.24. The van der Waals surface area contributed by atoms with Crippen LogP contribution in [0.4, 0.5) is 0 Å². The highest BCUT2D eigenvalue weighted by Gasteiger charge is 2.25. The molecule has 4 rings (SSSR count). The predicted molar refractivity (Wildman–Crippen MR) is 91.8 cm³/mol. The summed E-state index contributed by atoms with van der Waals surface area (Å²) in [5.41, 5.74) is 1.52. The number of benzene rings is 1. The lowest BCUT2D eigenvalue weighted by molar-refractivity contribution is -0.131. The van der Waals surface area contributed by atoms with Crippen molar-refractivity contribution in [1.82, 2.24) is 19.8 Å². The molecule has 26 heavy (non-hydrogen) atoms. The van der Waals surface area contributed by atoms with Gasteiger partial charge in [0.15, 0.2) is 5.58 Å². The number of fused-ring (bicyclic) bond motifs is 1. The Morgan fingerprint density at radius 3 is 2.73 bits per heavy atom. The Morgan fingerprint density at radius 2 is 2.00 bits per heavy atom. The Bertz CT molecular complexity index is 953. The van der Waals surface area contributed by atoms with Crippen LogP contribution in [0.3, 0.4) is 0 Å². The molecule has 1 aliphatic rings. The fraction of sp³-hybridized carbons (Fsp3) is 0.333. The molecule has 1 fully saturated rings. The van der Waals surface area contributed by atoms with Crippen molar-refractivity contribution in [2.45, 2.75) is 25.3 Å². The monoisotopic (exact) mass is 354 g/mol. The molecule has 3 heterocycles. The number of aromatic nitrogens is 3. The molecular weight excluding hydrogens is 336 g/mol. The summed E-state index contributed by atoms with van der Waals surface area (Å²) < 4.78 is 6.94. The predicted octanol–water partition coefficient (Wildman–Crippen LogP) is 2.13. The molecule has 0 atom stereocenters. The SMILES string of the molecule is O=C(O)c1cnn(C2CCN(C(=O)Cc3noc4ccccc34)CC2)c1. The number of amides is 1. The average Bonchev–Trinajstić information content (AvgIpc) is 3.30. The van der Waals surface area contributed by atoms with E-state index in [1.807, 2.05) is 29.2 Å². The summed E-state index contributed by atoms with van der Waals surface area (Å²) in [6, 6.07) is 7.61. The van der Waals surface area contributed by atoms with Gasteiger partial charge in [-0.05, 0) is 25.0 Å². The molecule has 1 saturated heterocycles. The van der Waals surface area contributed by atoms with Gasteiger partial charge in [-0.3, -0.25) is 9.48 Å². The smallest absolute Gasteiger partial charge is 0.338 e. The van der Waals surface area contributed by atoms with E-state index >= 15 is 0 Å². The zero-order chi connectivity index (χ0) is 18.1. The van der Waals surface area contributed by atoms with Crippen LogP contribution in [0.25, 0.3) is 11.0 Å². The number of hydrogen-bond donors (Lipinski definition) is 1. The minimum absolute atomic E-state index is 0.0224. The van der Waals surface area contributed by atoms with E-state index in [-0.39, 0.29) is 23.9 Å².